The van der Waals surface area contributed by atoms with Crippen molar-refractivity contribution >= 4 is 29.3 Å². The summed E-state index contributed by atoms with van der Waals surface area (Å²) < 4.78 is 0. The van der Waals surface area contributed by atoms with E-state index in [1.54, 1.807) is 23.1 Å². The van der Waals surface area contributed by atoms with Gasteiger partial charge in [0, 0.05) is 13.1 Å². The van der Waals surface area contributed by atoms with Gasteiger partial charge >= 0.3 is 12.0 Å². The number of carbonyl (C=O) groups excluding carboxylic acids is 1. The van der Waals surface area contributed by atoms with Gasteiger partial charge in [-0.1, -0.05) is 35.9 Å². The quantitative estimate of drug-likeness (QED) is 0.773. The number of nitrogens with zero attached hydrogens (tertiary/aromatic N) is 1. The number of likely N-dealkylation sites (tertiary alicyclic amines) is 1. The average Bonchev–Trinajstić information content (AvgIpc) is 2.68. The van der Waals surface area contributed by atoms with E-state index in [1.165, 1.54) is 0 Å². The summed E-state index contributed by atoms with van der Waals surface area (Å²) in [5.74, 6) is -0.763. The lowest BCUT2D eigenvalue weighted by Gasteiger charge is -2.33. The Morgan fingerprint density at radius 1 is 1.11 bits per heavy atom. The monoisotopic (exact) mass is 386 g/mol. The van der Waals surface area contributed by atoms with E-state index in [-0.39, 0.29) is 11.9 Å². The molecule has 2 amide bonds. The number of aryl methyl sites for hydroxylation is 1. The molecule has 0 spiro atoms. The molecular formula is C21H23ClN2O3. The van der Waals surface area contributed by atoms with E-state index in [0.29, 0.717) is 29.4 Å². The summed E-state index contributed by atoms with van der Waals surface area (Å²) >= 11 is 6.25. The van der Waals surface area contributed by atoms with Crippen LogP contribution in [0.4, 0.5) is 10.5 Å². The van der Waals surface area contributed by atoms with Gasteiger partial charge in [-0.25, -0.2) is 9.59 Å². The maximum atomic E-state index is 12.7. The number of urea groups is 1. The number of halogens is 1. The van der Waals surface area contributed by atoms with Gasteiger partial charge in [0.2, 0.25) is 0 Å². The van der Waals surface area contributed by atoms with E-state index >= 15 is 0 Å². The van der Waals surface area contributed by atoms with Crippen molar-refractivity contribution in [1.29, 1.82) is 0 Å². The smallest absolute Gasteiger partial charge is 0.335 e. The lowest BCUT2D eigenvalue weighted by Crippen LogP contribution is -2.40. The van der Waals surface area contributed by atoms with Crippen LogP contribution in [0.1, 0.15) is 45.8 Å². The second kappa shape index (κ2) is 8.01. The summed E-state index contributed by atoms with van der Waals surface area (Å²) in [6.45, 7) is 5.07. The number of hydrogen-bond acceptors (Lipinski definition) is 2. The number of rotatable bonds is 3. The molecule has 0 aromatic heterocycles. The van der Waals surface area contributed by atoms with Crippen LogP contribution < -0.4 is 5.32 Å². The Morgan fingerprint density at radius 3 is 2.44 bits per heavy atom. The number of nitrogens with one attached hydrogen (secondary N) is 1. The summed E-state index contributed by atoms with van der Waals surface area (Å²) in [5, 5.41) is 12.8. The maximum absolute atomic E-state index is 12.7. The van der Waals surface area contributed by atoms with Crippen LogP contribution in [0.15, 0.2) is 36.4 Å². The number of hydrogen-bond donors (Lipinski definition) is 2. The normalized spacial score (nSPS) is 14.9. The number of carboxylic acids is 1. The number of aromatic carboxylic acids is 1. The molecule has 142 valence electrons. The van der Waals surface area contributed by atoms with Crippen molar-refractivity contribution in [3.05, 3.63) is 63.7 Å². The molecule has 5 nitrogen and oxygen atoms in total. The first-order valence-corrected chi connectivity index (χ1v) is 9.40. The molecule has 0 radical (unpaired) electrons. The van der Waals surface area contributed by atoms with Gasteiger partial charge in [-0.3, -0.25) is 0 Å². The molecule has 2 N–H and O–H groups in total. The third kappa shape index (κ3) is 4.08. The number of anilines is 1. The van der Waals surface area contributed by atoms with Crippen LogP contribution in [0.2, 0.25) is 5.02 Å². The fourth-order valence-corrected chi connectivity index (χ4v) is 3.82. The molecule has 2 aromatic carbocycles. The van der Waals surface area contributed by atoms with Crippen LogP contribution >= 0.6 is 11.6 Å². The fourth-order valence-electron chi connectivity index (χ4n) is 3.56. The minimum atomic E-state index is -0.907. The number of amides is 2. The largest absolute Gasteiger partial charge is 0.478 e. The van der Waals surface area contributed by atoms with E-state index in [4.69, 9.17) is 11.6 Å². The molecule has 0 unspecified atom stereocenters. The van der Waals surface area contributed by atoms with Crippen molar-refractivity contribution < 1.29 is 14.7 Å². The van der Waals surface area contributed by atoms with E-state index in [2.05, 4.69) is 5.32 Å². The molecule has 1 aliphatic heterocycles. The molecule has 1 heterocycles. The minimum Gasteiger partial charge on any atom is -0.478 e. The molecule has 27 heavy (non-hydrogen) atoms. The Bertz CT molecular complexity index is 874. The van der Waals surface area contributed by atoms with Gasteiger partial charge < -0.3 is 15.3 Å². The Labute approximate surface area is 163 Å². The van der Waals surface area contributed by atoms with Crippen LogP contribution in [-0.2, 0) is 0 Å². The summed E-state index contributed by atoms with van der Waals surface area (Å²) in [5.41, 5.74) is 3.88. The van der Waals surface area contributed by atoms with E-state index in [9.17, 15) is 14.7 Å². The zero-order chi connectivity index (χ0) is 19.6. The molecule has 0 saturated carbocycles. The molecule has 6 heteroatoms. The van der Waals surface area contributed by atoms with Crippen LogP contribution in [0.5, 0.6) is 0 Å². The molecule has 1 aliphatic rings. The fraction of sp³-hybridized carbons (Fsp3) is 0.333. The van der Waals surface area contributed by atoms with Crippen molar-refractivity contribution in [3.63, 3.8) is 0 Å². The number of carboxylic acid groups (broad SMARTS) is 1. The van der Waals surface area contributed by atoms with Crippen molar-refractivity contribution in [2.75, 3.05) is 18.4 Å². The highest BCUT2D eigenvalue weighted by atomic mass is 35.5. The lowest BCUT2D eigenvalue weighted by atomic mass is 9.86. The van der Waals surface area contributed by atoms with Gasteiger partial charge in [0.25, 0.3) is 0 Å². The van der Waals surface area contributed by atoms with Gasteiger partial charge in [-0.2, -0.15) is 0 Å². The van der Waals surface area contributed by atoms with E-state index in [1.807, 2.05) is 32.0 Å². The number of carbonyl (C=O) groups is 2. The van der Waals surface area contributed by atoms with Gasteiger partial charge in [0.1, 0.15) is 0 Å². The molecule has 1 saturated heterocycles. The molecule has 0 atom stereocenters. The maximum Gasteiger partial charge on any atom is 0.335 e. The Kier molecular flexibility index (Phi) is 5.71. The van der Waals surface area contributed by atoms with Gasteiger partial charge in [-0.15, -0.1) is 0 Å². The zero-order valence-electron chi connectivity index (χ0n) is 15.5. The van der Waals surface area contributed by atoms with Gasteiger partial charge in [-0.05, 0) is 61.4 Å². The number of benzene rings is 2. The molecule has 3 rings (SSSR count). The molecular weight excluding hydrogens is 364 g/mol. The highest BCUT2D eigenvalue weighted by Gasteiger charge is 2.27. The molecule has 0 bridgehead atoms. The first kappa shape index (κ1) is 19.2. The Balaban J connectivity index is 1.67. The van der Waals surface area contributed by atoms with Crippen molar-refractivity contribution in [3.8, 4) is 0 Å². The Hall–Kier alpha value is -2.53. The topological polar surface area (TPSA) is 69.6 Å². The van der Waals surface area contributed by atoms with Crippen LogP contribution in [0.25, 0.3) is 0 Å². The van der Waals surface area contributed by atoms with Crippen molar-refractivity contribution in [1.82, 2.24) is 4.90 Å². The second-order valence-electron chi connectivity index (χ2n) is 6.95. The summed E-state index contributed by atoms with van der Waals surface area (Å²) in [6, 6.07) is 10.7. The Morgan fingerprint density at radius 2 is 1.78 bits per heavy atom. The van der Waals surface area contributed by atoms with Crippen LogP contribution in [-0.4, -0.2) is 35.1 Å². The highest BCUT2D eigenvalue weighted by Crippen LogP contribution is 2.32. The first-order valence-electron chi connectivity index (χ1n) is 9.02. The standard InChI is InChI=1S/C21H23ClN2O3/c1-13-7-8-18(22)19(14(13)2)23-21(27)24-11-9-15(10-12-24)16-5-3-4-6-17(16)20(25)26/h3-8,15H,9-12H2,1-2H3,(H,23,27)(H,25,26). The summed E-state index contributed by atoms with van der Waals surface area (Å²) in [6.07, 6.45) is 1.47. The van der Waals surface area contributed by atoms with Crippen molar-refractivity contribution in [2.45, 2.75) is 32.6 Å². The number of piperidine rings is 1. The molecule has 2 aromatic rings. The van der Waals surface area contributed by atoms with Crippen molar-refractivity contribution in [2.24, 2.45) is 0 Å². The molecule has 0 aliphatic carbocycles. The minimum absolute atomic E-state index is 0.144. The lowest BCUT2D eigenvalue weighted by molar-refractivity contribution is 0.0694. The summed E-state index contributed by atoms with van der Waals surface area (Å²) in [4.78, 5) is 25.9. The second-order valence-corrected chi connectivity index (χ2v) is 7.36. The first-order chi connectivity index (χ1) is 12.9. The summed E-state index contributed by atoms with van der Waals surface area (Å²) in [7, 11) is 0. The van der Waals surface area contributed by atoms with Crippen LogP contribution in [0.3, 0.4) is 0 Å². The van der Waals surface area contributed by atoms with E-state index in [0.717, 1.165) is 29.5 Å². The zero-order valence-corrected chi connectivity index (χ0v) is 16.2. The predicted octanol–water partition coefficient (Wildman–Crippen LogP) is 5.07. The third-order valence-corrected chi connectivity index (χ3v) is 5.65. The third-order valence-electron chi connectivity index (χ3n) is 5.33. The highest BCUT2D eigenvalue weighted by molar-refractivity contribution is 6.34. The predicted molar refractivity (Wildman–Crippen MR) is 107 cm³/mol. The van der Waals surface area contributed by atoms with Gasteiger partial charge in [0.05, 0.1) is 16.3 Å². The van der Waals surface area contributed by atoms with Gasteiger partial charge in [0.15, 0.2) is 0 Å². The molecule has 1 fully saturated rings. The van der Waals surface area contributed by atoms with Crippen LogP contribution in [0, 0.1) is 13.8 Å². The van der Waals surface area contributed by atoms with E-state index < -0.39 is 5.97 Å². The average molecular weight is 387 g/mol. The SMILES string of the molecule is Cc1ccc(Cl)c(NC(=O)N2CCC(c3ccccc3C(=O)O)CC2)c1C.